The summed E-state index contributed by atoms with van der Waals surface area (Å²) < 4.78 is 2.12. The van der Waals surface area contributed by atoms with Crippen LogP contribution in [0.4, 0.5) is 5.69 Å². The van der Waals surface area contributed by atoms with Crippen molar-refractivity contribution in [3.8, 4) is 0 Å². The Balaban J connectivity index is 1.72. The second-order valence-corrected chi connectivity index (χ2v) is 8.61. The number of halogens is 2. The van der Waals surface area contributed by atoms with Crippen molar-refractivity contribution in [2.45, 2.75) is 31.3 Å². The number of nitrogens with one attached hydrogen (secondary N) is 1. The molecule has 3 aromatic heterocycles. The van der Waals surface area contributed by atoms with E-state index < -0.39 is 0 Å². The van der Waals surface area contributed by atoms with Crippen LogP contribution in [0.3, 0.4) is 0 Å². The van der Waals surface area contributed by atoms with Crippen LogP contribution in [-0.4, -0.2) is 16.0 Å². The topological polar surface area (TPSA) is 63.8 Å². The van der Waals surface area contributed by atoms with Gasteiger partial charge in [0, 0.05) is 41.8 Å². The fourth-order valence-electron chi connectivity index (χ4n) is 3.23. The van der Waals surface area contributed by atoms with Gasteiger partial charge in [0.25, 0.3) is 0 Å². The molecule has 3 N–H and O–H groups in total. The molecule has 1 aliphatic carbocycles. The van der Waals surface area contributed by atoms with Crippen LogP contribution in [0.2, 0.25) is 5.15 Å². The third-order valence-corrected chi connectivity index (χ3v) is 7.23. The van der Waals surface area contributed by atoms with Crippen molar-refractivity contribution in [1.82, 2.24) is 9.97 Å². The van der Waals surface area contributed by atoms with E-state index in [1.807, 2.05) is 18.2 Å². The molecule has 1 aliphatic rings. The van der Waals surface area contributed by atoms with E-state index in [2.05, 4.69) is 43.4 Å². The van der Waals surface area contributed by atoms with Crippen LogP contribution in [0.5, 0.6) is 0 Å². The average molecular weight is 450 g/mol. The van der Waals surface area contributed by atoms with Gasteiger partial charge in [-0.1, -0.05) is 23.8 Å². The second-order valence-electron chi connectivity index (χ2n) is 6.37. The minimum Gasteiger partial charge on any atom is -0.380 e. The molecule has 26 heavy (non-hydrogen) atoms. The Morgan fingerprint density at radius 2 is 2.04 bits per heavy atom. The fourth-order valence-corrected chi connectivity index (χ4v) is 5.69. The molecule has 4 nitrogen and oxygen atoms in total. The Morgan fingerprint density at radius 3 is 2.81 bits per heavy atom. The van der Waals surface area contributed by atoms with Crippen LogP contribution in [0.25, 0.3) is 10.2 Å². The normalized spacial score (nSPS) is 19.8. The summed E-state index contributed by atoms with van der Waals surface area (Å²) in [6, 6.07) is 6.01. The van der Waals surface area contributed by atoms with Crippen LogP contribution in [-0.2, 0) is 6.54 Å². The number of hydrogen-bond donors (Lipinski definition) is 2. The molecule has 134 valence electrons. The van der Waals surface area contributed by atoms with Gasteiger partial charge in [-0.2, -0.15) is 0 Å². The average Bonchev–Trinajstić information content (AvgIpc) is 2.98. The zero-order valence-electron chi connectivity index (χ0n) is 14.0. The molecular formula is C19H18BrClN4S. The van der Waals surface area contributed by atoms with E-state index >= 15 is 0 Å². The first-order valence-corrected chi connectivity index (χ1v) is 10.4. The van der Waals surface area contributed by atoms with E-state index in [-0.39, 0.29) is 6.04 Å². The summed E-state index contributed by atoms with van der Waals surface area (Å²) >= 11 is 11.8. The largest absolute Gasteiger partial charge is 0.380 e. The first-order chi connectivity index (χ1) is 12.6. The lowest BCUT2D eigenvalue weighted by molar-refractivity contribution is 0.527. The number of thiophene rings is 1. The Labute approximate surface area is 169 Å². The van der Waals surface area contributed by atoms with Crippen molar-refractivity contribution in [2.24, 2.45) is 5.73 Å². The van der Waals surface area contributed by atoms with Gasteiger partial charge in [-0.25, -0.2) is 4.98 Å². The lowest BCUT2D eigenvalue weighted by Crippen LogP contribution is -2.29. The number of allylic oxidation sites excluding steroid dienone is 1. The molecule has 3 aromatic rings. The first kappa shape index (κ1) is 17.9. The van der Waals surface area contributed by atoms with Gasteiger partial charge in [0.1, 0.15) is 5.15 Å². The Bertz CT molecular complexity index is 957. The SMILES string of the molecule is N[C@H]1CC=CC[C@@H]1c1sc2c(NCc3ccncc3)cc(Cl)nc2c1Br. The van der Waals surface area contributed by atoms with Crippen molar-refractivity contribution in [2.75, 3.05) is 5.32 Å². The molecule has 0 aromatic carbocycles. The third-order valence-electron chi connectivity index (χ3n) is 4.63. The predicted octanol–water partition coefficient (Wildman–Crippen LogP) is 5.48. The molecule has 0 saturated heterocycles. The fraction of sp³-hybridized carbons (Fsp3) is 0.263. The number of nitrogens with two attached hydrogens (primary N) is 1. The maximum absolute atomic E-state index is 6.37. The zero-order chi connectivity index (χ0) is 18.1. The van der Waals surface area contributed by atoms with Crippen LogP contribution in [0, 0.1) is 0 Å². The number of hydrogen-bond acceptors (Lipinski definition) is 5. The van der Waals surface area contributed by atoms with Crippen molar-refractivity contribution < 1.29 is 0 Å². The molecule has 0 unspecified atom stereocenters. The van der Waals surface area contributed by atoms with Gasteiger partial charge in [-0.3, -0.25) is 4.98 Å². The van der Waals surface area contributed by atoms with Crippen LogP contribution in [0.15, 0.2) is 47.2 Å². The Hall–Kier alpha value is -1.47. The molecule has 0 bridgehead atoms. The molecule has 0 saturated carbocycles. The molecule has 3 heterocycles. The molecule has 0 spiro atoms. The van der Waals surface area contributed by atoms with E-state index in [9.17, 15) is 0 Å². The Kier molecular flexibility index (Phi) is 5.27. The number of nitrogens with zero attached hydrogens (tertiary/aromatic N) is 2. The van der Waals surface area contributed by atoms with Gasteiger partial charge >= 0.3 is 0 Å². The van der Waals surface area contributed by atoms with Gasteiger partial charge in [0.2, 0.25) is 0 Å². The van der Waals surface area contributed by atoms with E-state index in [1.54, 1.807) is 23.7 Å². The summed E-state index contributed by atoms with van der Waals surface area (Å²) in [5.74, 6) is 0.306. The minimum atomic E-state index is 0.132. The number of anilines is 1. The van der Waals surface area contributed by atoms with Gasteiger partial charge < -0.3 is 11.1 Å². The number of aromatic nitrogens is 2. The summed E-state index contributed by atoms with van der Waals surface area (Å²) in [7, 11) is 0. The summed E-state index contributed by atoms with van der Waals surface area (Å²) in [5, 5.41) is 3.97. The summed E-state index contributed by atoms with van der Waals surface area (Å²) in [6.45, 7) is 0.703. The molecular weight excluding hydrogens is 432 g/mol. The highest BCUT2D eigenvalue weighted by Crippen LogP contribution is 2.45. The molecule has 0 aliphatic heterocycles. The summed E-state index contributed by atoms with van der Waals surface area (Å²) in [5.41, 5.74) is 9.43. The first-order valence-electron chi connectivity index (χ1n) is 8.45. The third kappa shape index (κ3) is 3.51. The lowest BCUT2D eigenvalue weighted by Gasteiger charge is -2.24. The van der Waals surface area contributed by atoms with Gasteiger partial charge in [0.15, 0.2) is 0 Å². The van der Waals surface area contributed by atoms with Crippen LogP contribution in [0.1, 0.15) is 29.2 Å². The number of rotatable bonds is 4. The maximum Gasteiger partial charge on any atom is 0.131 e. The molecule has 7 heteroatoms. The van der Waals surface area contributed by atoms with Crippen molar-refractivity contribution in [3.05, 3.63) is 62.8 Å². The minimum absolute atomic E-state index is 0.132. The Morgan fingerprint density at radius 1 is 1.27 bits per heavy atom. The maximum atomic E-state index is 6.37. The quantitative estimate of drug-likeness (QED) is 0.409. The smallest absolute Gasteiger partial charge is 0.131 e. The van der Waals surface area contributed by atoms with E-state index in [4.69, 9.17) is 17.3 Å². The van der Waals surface area contributed by atoms with Crippen molar-refractivity contribution >= 4 is 54.8 Å². The van der Waals surface area contributed by atoms with Crippen molar-refractivity contribution in [1.29, 1.82) is 0 Å². The summed E-state index contributed by atoms with van der Waals surface area (Å²) in [6.07, 6.45) is 9.84. The molecule has 0 radical (unpaired) electrons. The molecule has 2 atom stereocenters. The highest BCUT2D eigenvalue weighted by Gasteiger charge is 2.27. The molecule has 0 amide bonds. The van der Waals surface area contributed by atoms with E-state index in [0.717, 1.165) is 38.8 Å². The predicted molar refractivity (Wildman–Crippen MR) is 113 cm³/mol. The van der Waals surface area contributed by atoms with Crippen molar-refractivity contribution in [3.63, 3.8) is 0 Å². The van der Waals surface area contributed by atoms with E-state index in [1.165, 1.54) is 4.88 Å². The second kappa shape index (κ2) is 7.64. The number of fused-ring (bicyclic) bond motifs is 1. The zero-order valence-corrected chi connectivity index (χ0v) is 17.1. The summed E-state index contributed by atoms with van der Waals surface area (Å²) in [4.78, 5) is 9.86. The van der Waals surface area contributed by atoms with Gasteiger partial charge in [0.05, 0.1) is 20.4 Å². The lowest BCUT2D eigenvalue weighted by atomic mass is 9.88. The standard InChI is InChI=1S/C19H18BrClN4S/c20-16-17-19(26-18(16)12-3-1-2-4-13(12)22)14(9-15(21)25-17)24-10-11-5-7-23-8-6-11/h1-2,5-9,12-13H,3-4,10,22H2,(H,24,25)/t12-,13-/m0/s1. The van der Waals surface area contributed by atoms with Gasteiger partial charge in [-0.05, 0) is 46.5 Å². The monoisotopic (exact) mass is 448 g/mol. The van der Waals surface area contributed by atoms with E-state index in [0.29, 0.717) is 17.6 Å². The van der Waals surface area contributed by atoms with Crippen LogP contribution >= 0.6 is 38.9 Å². The molecule has 4 rings (SSSR count). The highest BCUT2D eigenvalue weighted by molar-refractivity contribution is 9.10. The molecule has 0 fully saturated rings. The highest BCUT2D eigenvalue weighted by atomic mass is 79.9. The van der Waals surface area contributed by atoms with Gasteiger partial charge in [-0.15, -0.1) is 11.3 Å². The van der Waals surface area contributed by atoms with Crippen LogP contribution < -0.4 is 11.1 Å². The number of pyridine rings is 2.